The molecule has 128 valence electrons. The number of benzene rings is 2. The van der Waals surface area contributed by atoms with Gasteiger partial charge in [0.15, 0.2) is 0 Å². The van der Waals surface area contributed by atoms with Crippen molar-refractivity contribution in [2.45, 2.75) is 20.8 Å². The standard InChI is InChI=1S/C19H19ClN4O/c1-12-4-9-18(13(2)10-12)22-21-11-17-14(3)23-24(19(17)25)16-7-5-15(20)6-8-16/h4-11,22-23H,1-3H3/b21-11+. The highest BCUT2D eigenvalue weighted by molar-refractivity contribution is 6.30. The molecule has 0 atom stereocenters. The van der Waals surface area contributed by atoms with Crippen LogP contribution in [0, 0.1) is 20.8 Å². The van der Waals surface area contributed by atoms with Gasteiger partial charge in [-0.25, -0.2) is 4.68 Å². The zero-order valence-electron chi connectivity index (χ0n) is 14.3. The van der Waals surface area contributed by atoms with Gasteiger partial charge < -0.3 is 0 Å². The molecule has 0 radical (unpaired) electrons. The predicted octanol–water partition coefficient (Wildman–Crippen LogP) is 4.19. The van der Waals surface area contributed by atoms with Crippen molar-refractivity contribution in [1.82, 2.24) is 9.78 Å². The van der Waals surface area contributed by atoms with Crippen molar-refractivity contribution >= 4 is 23.5 Å². The quantitative estimate of drug-likeness (QED) is 0.545. The minimum atomic E-state index is -0.161. The third-order valence-electron chi connectivity index (χ3n) is 3.96. The summed E-state index contributed by atoms with van der Waals surface area (Å²) >= 11 is 5.90. The largest absolute Gasteiger partial charge is 0.295 e. The molecule has 2 aromatic carbocycles. The monoisotopic (exact) mass is 354 g/mol. The lowest BCUT2D eigenvalue weighted by Gasteiger charge is -2.05. The van der Waals surface area contributed by atoms with E-state index in [2.05, 4.69) is 21.7 Å². The zero-order valence-corrected chi connectivity index (χ0v) is 15.1. The maximum absolute atomic E-state index is 12.6. The first-order valence-electron chi connectivity index (χ1n) is 7.89. The number of anilines is 1. The Balaban J connectivity index is 1.85. The van der Waals surface area contributed by atoms with Gasteiger partial charge in [0.25, 0.3) is 5.56 Å². The Morgan fingerprint density at radius 1 is 1.12 bits per heavy atom. The molecular formula is C19H19ClN4O. The molecule has 2 N–H and O–H groups in total. The molecule has 0 fully saturated rings. The molecule has 0 aliphatic heterocycles. The first-order chi connectivity index (χ1) is 12.0. The van der Waals surface area contributed by atoms with E-state index >= 15 is 0 Å². The molecule has 0 bridgehead atoms. The molecule has 0 saturated carbocycles. The SMILES string of the molecule is Cc1ccc(N/N=C/c2c(C)[nH]n(-c3ccc(Cl)cc3)c2=O)c(C)c1. The molecule has 0 amide bonds. The first kappa shape index (κ1) is 17.0. The number of aromatic amines is 1. The number of halogens is 1. The predicted molar refractivity (Wildman–Crippen MR) is 103 cm³/mol. The fourth-order valence-electron chi connectivity index (χ4n) is 2.59. The lowest BCUT2D eigenvalue weighted by Crippen LogP contribution is -2.17. The molecule has 5 nitrogen and oxygen atoms in total. The Morgan fingerprint density at radius 3 is 2.52 bits per heavy atom. The fourth-order valence-corrected chi connectivity index (χ4v) is 2.71. The van der Waals surface area contributed by atoms with Crippen LogP contribution in [-0.4, -0.2) is 16.0 Å². The molecule has 0 saturated heterocycles. The van der Waals surface area contributed by atoms with Crippen molar-refractivity contribution in [3.05, 3.63) is 80.2 Å². The summed E-state index contributed by atoms with van der Waals surface area (Å²) < 4.78 is 1.48. The van der Waals surface area contributed by atoms with Crippen LogP contribution in [-0.2, 0) is 0 Å². The molecule has 1 heterocycles. The van der Waals surface area contributed by atoms with E-state index in [0.29, 0.717) is 10.6 Å². The highest BCUT2D eigenvalue weighted by Gasteiger charge is 2.10. The van der Waals surface area contributed by atoms with Gasteiger partial charge in [-0.15, -0.1) is 0 Å². The number of hydrogen-bond acceptors (Lipinski definition) is 3. The molecule has 1 aromatic heterocycles. The zero-order chi connectivity index (χ0) is 18.0. The Hall–Kier alpha value is -2.79. The molecule has 0 unspecified atom stereocenters. The van der Waals surface area contributed by atoms with E-state index in [4.69, 9.17) is 11.6 Å². The molecule has 6 heteroatoms. The third kappa shape index (κ3) is 3.67. The van der Waals surface area contributed by atoms with E-state index in [-0.39, 0.29) is 5.56 Å². The number of aromatic nitrogens is 2. The van der Waals surface area contributed by atoms with Crippen molar-refractivity contribution in [2.75, 3.05) is 5.43 Å². The molecular weight excluding hydrogens is 336 g/mol. The van der Waals surface area contributed by atoms with E-state index in [1.165, 1.54) is 10.2 Å². The topological polar surface area (TPSA) is 62.2 Å². The smallest absolute Gasteiger partial charge is 0.280 e. The van der Waals surface area contributed by atoms with Gasteiger partial charge in [0, 0.05) is 10.7 Å². The molecule has 0 spiro atoms. The van der Waals surface area contributed by atoms with Gasteiger partial charge in [-0.3, -0.25) is 15.3 Å². The second-order valence-electron chi connectivity index (χ2n) is 5.96. The van der Waals surface area contributed by atoms with Crippen LogP contribution in [0.15, 0.2) is 52.4 Å². The van der Waals surface area contributed by atoms with Crippen LogP contribution in [0.5, 0.6) is 0 Å². The molecule has 0 aliphatic rings. The fraction of sp³-hybridized carbons (Fsp3) is 0.158. The summed E-state index contributed by atoms with van der Waals surface area (Å²) in [5.74, 6) is 0. The van der Waals surface area contributed by atoms with Crippen LogP contribution in [0.4, 0.5) is 5.69 Å². The van der Waals surface area contributed by atoms with E-state index in [1.54, 1.807) is 30.5 Å². The maximum atomic E-state index is 12.6. The summed E-state index contributed by atoms with van der Waals surface area (Å²) in [5, 5.41) is 7.90. The number of rotatable bonds is 4. The second kappa shape index (κ2) is 6.99. The summed E-state index contributed by atoms with van der Waals surface area (Å²) in [4.78, 5) is 12.6. The van der Waals surface area contributed by atoms with Crippen LogP contribution in [0.1, 0.15) is 22.4 Å². The number of nitrogens with one attached hydrogen (secondary N) is 2. The van der Waals surface area contributed by atoms with Crippen LogP contribution in [0.2, 0.25) is 5.02 Å². The molecule has 25 heavy (non-hydrogen) atoms. The van der Waals surface area contributed by atoms with Crippen molar-refractivity contribution in [3.63, 3.8) is 0 Å². The lowest BCUT2D eigenvalue weighted by atomic mass is 10.1. The van der Waals surface area contributed by atoms with Crippen LogP contribution in [0.25, 0.3) is 5.69 Å². The first-order valence-corrected chi connectivity index (χ1v) is 8.27. The van der Waals surface area contributed by atoms with Crippen LogP contribution >= 0.6 is 11.6 Å². The Morgan fingerprint density at radius 2 is 1.84 bits per heavy atom. The number of hydrogen-bond donors (Lipinski definition) is 2. The van der Waals surface area contributed by atoms with Crippen molar-refractivity contribution < 1.29 is 0 Å². The van der Waals surface area contributed by atoms with Gasteiger partial charge in [-0.1, -0.05) is 29.3 Å². The Labute approximate surface area is 150 Å². The summed E-state index contributed by atoms with van der Waals surface area (Å²) in [6, 6.07) is 13.1. The van der Waals surface area contributed by atoms with Gasteiger partial charge in [-0.05, 0) is 56.7 Å². The second-order valence-corrected chi connectivity index (χ2v) is 6.39. The maximum Gasteiger partial charge on any atom is 0.280 e. The number of aryl methyl sites for hydroxylation is 3. The third-order valence-corrected chi connectivity index (χ3v) is 4.21. The highest BCUT2D eigenvalue weighted by atomic mass is 35.5. The molecule has 3 aromatic rings. The highest BCUT2D eigenvalue weighted by Crippen LogP contribution is 2.16. The van der Waals surface area contributed by atoms with Gasteiger partial charge in [0.2, 0.25) is 0 Å². The van der Waals surface area contributed by atoms with Gasteiger partial charge in [-0.2, -0.15) is 5.10 Å². The Bertz CT molecular complexity index is 984. The van der Waals surface area contributed by atoms with Crippen LogP contribution < -0.4 is 11.0 Å². The number of hydrazone groups is 1. The summed E-state index contributed by atoms with van der Waals surface area (Å²) in [6.45, 7) is 5.90. The lowest BCUT2D eigenvalue weighted by molar-refractivity contribution is 0.835. The van der Waals surface area contributed by atoms with Gasteiger partial charge in [0.1, 0.15) is 0 Å². The molecule has 0 aliphatic carbocycles. The molecule has 3 rings (SSSR count). The van der Waals surface area contributed by atoms with Gasteiger partial charge in [0.05, 0.1) is 23.2 Å². The summed E-state index contributed by atoms with van der Waals surface area (Å²) in [7, 11) is 0. The minimum Gasteiger partial charge on any atom is -0.295 e. The number of H-pyrrole nitrogens is 1. The van der Waals surface area contributed by atoms with E-state index < -0.39 is 0 Å². The number of nitrogens with zero attached hydrogens (tertiary/aromatic N) is 2. The van der Waals surface area contributed by atoms with Crippen LogP contribution in [0.3, 0.4) is 0 Å². The van der Waals surface area contributed by atoms with Crippen molar-refractivity contribution in [2.24, 2.45) is 5.10 Å². The minimum absolute atomic E-state index is 0.161. The van der Waals surface area contributed by atoms with E-state index in [1.807, 2.05) is 32.9 Å². The van der Waals surface area contributed by atoms with Gasteiger partial charge >= 0.3 is 0 Å². The van der Waals surface area contributed by atoms with E-state index in [0.717, 1.165) is 22.6 Å². The average molecular weight is 355 g/mol. The van der Waals surface area contributed by atoms with Crippen molar-refractivity contribution in [3.8, 4) is 5.69 Å². The normalized spacial score (nSPS) is 11.2. The summed E-state index contributed by atoms with van der Waals surface area (Å²) in [6.07, 6.45) is 1.54. The average Bonchev–Trinajstić information content (AvgIpc) is 2.85. The van der Waals surface area contributed by atoms with E-state index in [9.17, 15) is 4.79 Å². The summed E-state index contributed by atoms with van der Waals surface area (Å²) in [5.41, 5.74) is 8.00. The Kier molecular flexibility index (Phi) is 4.76. The van der Waals surface area contributed by atoms with Crippen molar-refractivity contribution in [1.29, 1.82) is 0 Å².